The van der Waals surface area contributed by atoms with Crippen LogP contribution >= 0.6 is 0 Å². The van der Waals surface area contributed by atoms with Crippen LogP contribution in [0.25, 0.3) is 10.9 Å². The third kappa shape index (κ3) is 5.70. The van der Waals surface area contributed by atoms with Gasteiger partial charge in [-0.3, -0.25) is 9.98 Å². The average molecular weight is 517 g/mol. The lowest BCUT2D eigenvalue weighted by molar-refractivity contribution is 0.394. The normalized spacial score (nSPS) is 12.4. The number of nitrogens with zero attached hydrogens (tertiary/aromatic N) is 3. The zero-order chi connectivity index (χ0) is 27.2. The van der Waals surface area contributed by atoms with Crippen LogP contribution < -0.4 is 10.5 Å². The second-order valence-electron chi connectivity index (χ2n) is 9.28. The Bertz CT molecular complexity index is 1630. The van der Waals surface area contributed by atoms with Crippen molar-refractivity contribution >= 4 is 22.8 Å². The zero-order valence-corrected chi connectivity index (χ0v) is 21.9. The van der Waals surface area contributed by atoms with Gasteiger partial charge in [0.2, 0.25) is 5.88 Å². The molecular formula is C33H29FN4O. The van der Waals surface area contributed by atoms with Crippen LogP contribution in [0.4, 0.5) is 10.1 Å². The number of ether oxygens (including phenoxy) is 1. The number of rotatable bonds is 8. The highest BCUT2D eigenvalue weighted by Crippen LogP contribution is 2.36. The summed E-state index contributed by atoms with van der Waals surface area (Å²) in [6.45, 7) is 2.11. The van der Waals surface area contributed by atoms with Gasteiger partial charge in [-0.15, -0.1) is 0 Å². The first-order valence-corrected chi connectivity index (χ1v) is 12.7. The Kier molecular flexibility index (Phi) is 7.73. The lowest BCUT2D eigenvalue weighted by Crippen LogP contribution is -2.05. The van der Waals surface area contributed by atoms with E-state index in [2.05, 4.69) is 47.2 Å². The second-order valence-corrected chi connectivity index (χ2v) is 9.28. The Morgan fingerprint density at radius 2 is 1.74 bits per heavy atom. The van der Waals surface area contributed by atoms with E-state index in [1.54, 1.807) is 25.6 Å². The van der Waals surface area contributed by atoms with Crippen molar-refractivity contribution in [3.8, 4) is 5.88 Å². The first kappa shape index (κ1) is 25.8. The first-order chi connectivity index (χ1) is 19.1. The van der Waals surface area contributed by atoms with E-state index in [1.807, 2.05) is 42.6 Å². The number of aryl methyl sites for hydroxylation is 1. The van der Waals surface area contributed by atoms with Crippen molar-refractivity contribution in [2.75, 3.05) is 7.11 Å². The van der Waals surface area contributed by atoms with Crippen LogP contribution in [0.5, 0.6) is 5.88 Å². The van der Waals surface area contributed by atoms with E-state index >= 15 is 0 Å². The summed E-state index contributed by atoms with van der Waals surface area (Å²) >= 11 is 0. The van der Waals surface area contributed by atoms with Gasteiger partial charge in [0, 0.05) is 41.9 Å². The Balaban J connectivity index is 1.57. The zero-order valence-electron chi connectivity index (χ0n) is 21.9. The third-order valence-corrected chi connectivity index (χ3v) is 6.84. The number of pyridine rings is 2. The predicted octanol–water partition coefficient (Wildman–Crippen LogP) is 7.03. The summed E-state index contributed by atoms with van der Waals surface area (Å²) in [4.78, 5) is 13.6. The highest BCUT2D eigenvalue weighted by molar-refractivity contribution is 5.85. The summed E-state index contributed by atoms with van der Waals surface area (Å²) in [6.07, 6.45) is 9.09. The average Bonchev–Trinajstić information content (AvgIpc) is 2.97. The van der Waals surface area contributed by atoms with E-state index in [0.717, 1.165) is 50.0 Å². The lowest BCUT2D eigenvalue weighted by Gasteiger charge is -2.20. The summed E-state index contributed by atoms with van der Waals surface area (Å²) in [5, 5.41) is 1.05. The summed E-state index contributed by atoms with van der Waals surface area (Å²) in [7, 11) is 1.65. The van der Waals surface area contributed by atoms with Gasteiger partial charge in [0.15, 0.2) is 0 Å². The monoisotopic (exact) mass is 516 g/mol. The van der Waals surface area contributed by atoms with Gasteiger partial charge in [0.25, 0.3) is 0 Å². The molecule has 0 bridgehead atoms. The number of benzene rings is 3. The standard InChI is InChI=1S/C33H29FN4O/c1-22-29-20-25(32(26-5-3-17-36-21-26)24-8-11-27(34)12-9-24)10-15-31(29)38-33(39-2)30(22)19-23-6-13-28(14-7-23)37-18-4-16-35/h3-18,20-21,32H,19,35H2,1-2H3. The largest absolute Gasteiger partial charge is 0.481 e. The molecule has 2 aromatic heterocycles. The van der Waals surface area contributed by atoms with Gasteiger partial charge < -0.3 is 10.5 Å². The van der Waals surface area contributed by atoms with Crippen LogP contribution in [-0.4, -0.2) is 23.3 Å². The molecule has 0 spiro atoms. The van der Waals surface area contributed by atoms with Crippen LogP contribution in [0.3, 0.4) is 0 Å². The maximum Gasteiger partial charge on any atom is 0.217 e. The molecule has 0 aliphatic carbocycles. The molecule has 0 aliphatic heterocycles. The molecule has 0 saturated carbocycles. The number of hydrogen-bond acceptors (Lipinski definition) is 5. The van der Waals surface area contributed by atoms with Crippen molar-refractivity contribution in [3.63, 3.8) is 0 Å². The van der Waals surface area contributed by atoms with E-state index < -0.39 is 0 Å². The Hall–Kier alpha value is -4.84. The van der Waals surface area contributed by atoms with Crippen molar-refractivity contribution in [3.05, 3.63) is 143 Å². The van der Waals surface area contributed by atoms with Gasteiger partial charge in [0.05, 0.1) is 18.3 Å². The molecule has 39 heavy (non-hydrogen) atoms. The smallest absolute Gasteiger partial charge is 0.217 e. The summed E-state index contributed by atoms with van der Waals surface area (Å²) in [5.41, 5.74) is 13.5. The summed E-state index contributed by atoms with van der Waals surface area (Å²) < 4.78 is 19.5. The minimum atomic E-state index is -0.258. The number of methoxy groups -OCH3 is 1. The number of allylic oxidation sites excluding steroid dienone is 1. The summed E-state index contributed by atoms with van der Waals surface area (Å²) in [6, 6.07) is 25.0. The van der Waals surface area contributed by atoms with Crippen LogP contribution in [0.1, 0.15) is 39.3 Å². The van der Waals surface area contributed by atoms with Crippen molar-refractivity contribution in [1.29, 1.82) is 0 Å². The Morgan fingerprint density at radius 1 is 0.974 bits per heavy atom. The Morgan fingerprint density at radius 3 is 2.44 bits per heavy atom. The molecule has 5 rings (SSSR count). The maximum atomic E-state index is 13.8. The van der Waals surface area contributed by atoms with E-state index in [0.29, 0.717) is 12.3 Å². The molecule has 0 radical (unpaired) electrons. The van der Waals surface area contributed by atoms with Crippen LogP contribution in [0.2, 0.25) is 0 Å². The van der Waals surface area contributed by atoms with E-state index in [-0.39, 0.29) is 11.7 Å². The van der Waals surface area contributed by atoms with Gasteiger partial charge in [-0.2, -0.15) is 0 Å². The fourth-order valence-corrected chi connectivity index (χ4v) is 4.87. The highest BCUT2D eigenvalue weighted by atomic mass is 19.1. The van der Waals surface area contributed by atoms with E-state index in [1.165, 1.54) is 18.3 Å². The Labute approximate surface area is 227 Å². The van der Waals surface area contributed by atoms with Crippen LogP contribution in [0.15, 0.2) is 109 Å². The molecule has 0 fully saturated rings. The molecule has 2 N–H and O–H groups in total. The van der Waals surface area contributed by atoms with Crippen molar-refractivity contribution < 1.29 is 9.13 Å². The number of hydrogen-bond donors (Lipinski definition) is 1. The topological polar surface area (TPSA) is 73.4 Å². The van der Waals surface area contributed by atoms with Gasteiger partial charge in [-0.1, -0.05) is 36.4 Å². The maximum absolute atomic E-state index is 13.8. The molecule has 3 aromatic carbocycles. The number of aromatic nitrogens is 2. The molecule has 5 nitrogen and oxygen atoms in total. The minimum absolute atomic E-state index is 0.101. The molecular weight excluding hydrogens is 487 g/mol. The molecule has 2 heterocycles. The van der Waals surface area contributed by atoms with Crippen molar-refractivity contribution in [2.24, 2.45) is 10.7 Å². The summed E-state index contributed by atoms with van der Waals surface area (Å²) in [5.74, 6) is 0.257. The molecule has 0 aliphatic rings. The highest BCUT2D eigenvalue weighted by Gasteiger charge is 2.20. The number of aliphatic imine (C=N–C) groups is 1. The second kappa shape index (κ2) is 11.7. The number of halogens is 1. The SMILES string of the molecule is COc1nc2ccc(C(c3ccc(F)cc3)c3cccnc3)cc2c(C)c1Cc1ccc(N=CC=CN)cc1. The fraction of sp³-hybridized carbons (Fsp3) is 0.121. The molecule has 0 amide bonds. The van der Waals surface area contributed by atoms with Gasteiger partial charge >= 0.3 is 0 Å². The molecule has 1 atom stereocenters. The minimum Gasteiger partial charge on any atom is -0.481 e. The van der Waals surface area contributed by atoms with Gasteiger partial charge in [-0.05, 0) is 89.5 Å². The van der Waals surface area contributed by atoms with E-state index in [9.17, 15) is 4.39 Å². The van der Waals surface area contributed by atoms with Crippen molar-refractivity contribution in [1.82, 2.24) is 9.97 Å². The molecule has 0 saturated heterocycles. The quantitative estimate of drug-likeness (QED) is 0.225. The molecule has 1 unspecified atom stereocenters. The number of nitrogens with two attached hydrogens (primary N) is 1. The van der Waals surface area contributed by atoms with Gasteiger partial charge in [-0.25, -0.2) is 9.37 Å². The number of fused-ring (bicyclic) bond motifs is 1. The molecule has 5 aromatic rings. The van der Waals surface area contributed by atoms with Crippen LogP contribution in [0, 0.1) is 12.7 Å². The predicted molar refractivity (Wildman–Crippen MR) is 155 cm³/mol. The fourth-order valence-electron chi connectivity index (χ4n) is 4.87. The first-order valence-electron chi connectivity index (χ1n) is 12.7. The van der Waals surface area contributed by atoms with Crippen LogP contribution in [-0.2, 0) is 6.42 Å². The lowest BCUT2D eigenvalue weighted by atomic mass is 9.85. The molecule has 194 valence electrons. The molecule has 6 heteroatoms. The van der Waals surface area contributed by atoms with Gasteiger partial charge in [0.1, 0.15) is 5.82 Å². The van der Waals surface area contributed by atoms with E-state index in [4.69, 9.17) is 15.5 Å². The third-order valence-electron chi connectivity index (χ3n) is 6.84. The van der Waals surface area contributed by atoms with Crippen molar-refractivity contribution in [2.45, 2.75) is 19.3 Å².